The molecule has 4 nitrogen and oxygen atoms in total. The van der Waals surface area contributed by atoms with Gasteiger partial charge in [0.25, 0.3) is 5.91 Å². The van der Waals surface area contributed by atoms with Gasteiger partial charge < -0.3 is 15.3 Å². The summed E-state index contributed by atoms with van der Waals surface area (Å²) in [6, 6.07) is 7.77. The third-order valence-electron chi connectivity index (χ3n) is 4.10. The number of nitrogens with zero attached hydrogens (tertiary/aromatic N) is 1. The molecule has 1 aromatic rings. The van der Waals surface area contributed by atoms with Gasteiger partial charge in [-0.2, -0.15) is 0 Å². The van der Waals surface area contributed by atoms with Gasteiger partial charge >= 0.3 is 0 Å². The Hall–Kier alpha value is -1.39. The van der Waals surface area contributed by atoms with Gasteiger partial charge in [-0.3, -0.25) is 4.79 Å². The highest BCUT2D eigenvalue weighted by Crippen LogP contribution is 2.18. The number of carbonyl (C=O) groups is 1. The molecule has 110 valence electrons. The number of piperazine rings is 1. The standard InChI is InChI=1S/C16H24N2O2/c1-11(2)15-9-18(13(10-19)8-17-15)16(20)14-7-5-4-6-12(14)3/h4-7,11,13,15,17,19H,8-10H2,1-3H3. The van der Waals surface area contributed by atoms with Crippen LogP contribution >= 0.6 is 0 Å². The molecule has 2 N–H and O–H groups in total. The molecule has 0 spiro atoms. The Balaban J connectivity index is 2.23. The predicted octanol–water partition coefficient (Wildman–Crippen LogP) is 1.43. The first-order valence-electron chi connectivity index (χ1n) is 7.25. The lowest BCUT2D eigenvalue weighted by Gasteiger charge is -2.41. The highest BCUT2D eigenvalue weighted by Gasteiger charge is 2.32. The van der Waals surface area contributed by atoms with Crippen molar-refractivity contribution in [2.75, 3.05) is 19.7 Å². The van der Waals surface area contributed by atoms with Gasteiger partial charge in [0.1, 0.15) is 0 Å². The topological polar surface area (TPSA) is 52.6 Å². The van der Waals surface area contributed by atoms with Gasteiger partial charge in [-0.05, 0) is 24.5 Å². The fraction of sp³-hybridized carbons (Fsp3) is 0.562. The van der Waals surface area contributed by atoms with Gasteiger partial charge in [0.05, 0.1) is 12.6 Å². The van der Waals surface area contributed by atoms with Gasteiger partial charge in [0.2, 0.25) is 0 Å². The molecule has 2 atom stereocenters. The Morgan fingerprint density at radius 3 is 2.75 bits per heavy atom. The van der Waals surface area contributed by atoms with Gasteiger partial charge in [0.15, 0.2) is 0 Å². The average Bonchev–Trinajstić information content (AvgIpc) is 2.46. The molecule has 0 radical (unpaired) electrons. The van der Waals surface area contributed by atoms with Crippen LogP contribution < -0.4 is 5.32 Å². The summed E-state index contributed by atoms with van der Waals surface area (Å²) in [7, 11) is 0. The SMILES string of the molecule is Cc1ccccc1C(=O)N1CC(C(C)C)NCC1CO. The number of hydrogen-bond donors (Lipinski definition) is 2. The molecular weight excluding hydrogens is 252 g/mol. The van der Waals surface area contributed by atoms with Crippen molar-refractivity contribution < 1.29 is 9.90 Å². The van der Waals surface area contributed by atoms with Gasteiger partial charge in [-0.25, -0.2) is 0 Å². The maximum Gasteiger partial charge on any atom is 0.254 e. The number of amides is 1. The summed E-state index contributed by atoms with van der Waals surface area (Å²) < 4.78 is 0. The minimum atomic E-state index is -0.142. The molecule has 4 heteroatoms. The van der Waals surface area contributed by atoms with Crippen LogP contribution in [0.4, 0.5) is 0 Å². The molecule has 2 rings (SSSR count). The van der Waals surface area contributed by atoms with Crippen LogP contribution in [0.15, 0.2) is 24.3 Å². The number of aliphatic hydroxyl groups is 1. The van der Waals surface area contributed by atoms with Crippen LogP contribution in [0.1, 0.15) is 29.8 Å². The number of carbonyl (C=O) groups excluding carboxylic acids is 1. The van der Waals surface area contributed by atoms with E-state index in [1.54, 1.807) is 0 Å². The van der Waals surface area contributed by atoms with E-state index in [2.05, 4.69) is 19.2 Å². The molecule has 1 heterocycles. The summed E-state index contributed by atoms with van der Waals surface area (Å²) in [5, 5.41) is 12.9. The zero-order valence-corrected chi connectivity index (χ0v) is 12.5. The minimum absolute atomic E-state index is 0.00453. The molecule has 20 heavy (non-hydrogen) atoms. The first kappa shape index (κ1) is 15.0. The van der Waals surface area contributed by atoms with Crippen molar-refractivity contribution in [2.45, 2.75) is 32.9 Å². The molecule has 1 fully saturated rings. The second-order valence-corrected chi connectivity index (χ2v) is 5.87. The summed E-state index contributed by atoms with van der Waals surface area (Å²) in [5.41, 5.74) is 1.71. The molecule has 2 unspecified atom stereocenters. The number of nitrogens with one attached hydrogen (secondary N) is 1. The van der Waals surface area contributed by atoms with Gasteiger partial charge in [0, 0.05) is 24.7 Å². The minimum Gasteiger partial charge on any atom is -0.394 e. The van der Waals surface area contributed by atoms with Crippen LogP contribution in [0.3, 0.4) is 0 Å². The van der Waals surface area contributed by atoms with E-state index >= 15 is 0 Å². The Morgan fingerprint density at radius 1 is 1.45 bits per heavy atom. The molecule has 0 saturated carbocycles. The number of hydrogen-bond acceptors (Lipinski definition) is 3. The Morgan fingerprint density at radius 2 is 2.15 bits per heavy atom. The van der Waals surface area contributed by atoms with E-state index < -0.39 is 0 Å². The van der Waals surface area contributed by atoms with Crippen molar-refractivity contribution in [1.82, 2.24) is 10.2 Å². The summed E-state index contributed by atoms with van der Waals surface area (Å²) in [4.78, 5) is 14.6. The lowest BCUT2D eigenvalue weighted by Crippen LogP contribution is -2.60. The van der Waals surface area contributed by atoms with Gasteiger partial charge in [-0.1, -0.05) is 32.0 Å². The van der Waals surface area contributed by atoms with Gasteiger partial charge in [-0.15, -0.1) is 0 Å². The van der Waals surface area contributed by atoms with Crippen LogP contribution in [0.2, 0.25) is 0 Å². The second kappa shape index (κ2) is 6.37. The number of benzene rings is 1. The van der Waals surface area contributed by atoms with E-state index in [4.69, 9.17) is 0 Å². The van der Waals surface area contributed by atoms with E-state index in [9.17, 15) is 9.90 Å². The summed E-state index contributed by atoms with van der Waals surface area (Å²) >= 11 is 0. The van der Waals surface area contributed by atoms with Crippen LogP contribution in [-0.4, -0.2) is 47.7 Å². The summed E-state index contributed by atoms with van der Waals surface area (Å²) in [5.74, 6) is 0.483. The molecule has 1 saturated heterocycles. The van der Waals surface area contributed by atoms with E-state index in [1.165, 1.54) is 0 Å². The molecular formula is C16H24N2O2. The predicted molar refractivity (Wildman–Crippen MR) is 79.7 cm³/mol. The van der Waals surface area contributed by atoms with Crippen LogP contribution in [-0.2, 0) is 0 Å². The third kappa shape index (κ3) is 3.02. The van der Waals surface area contributed by atoms with E-state index in [0.29, 0.717) is 19.0 Å². The maximum absolute atomic E-state index is 12.7. The summed E-state index contributed by atoms with van der Waals surface area (Å²) in [6.07, 6.45) is 0. The monoisotopic (exact) mass is 276 g/mol. The normalized spacial score (nSPS) is 23.1. The smallest absolute Gasteiger partial charge is 0.254 e. The lowest BCUT2D eigenvalue weighted by atomic mass is 9.98. The number of rotatable bonds is 3. The fourth-order valence-electron chi connectivity index (χ4n) is 2.65. The number of aryl methyl sites for hydroxylation is 1. The molecule has 1 aromatic carbocycles. The van der Waals surface area contributed by atoms with Crippen molar-refractivity contribution in [3.63, 3.8) is 0 Å². The van der Waals surface area contributed by atoms with Crippen LogP contribution in [0.25, 0.3) is 0 Å². The Kier molecular flexibility index (Phi) is 4.78. The molecule has 0 aliphatic carbocycles. The summed E-state index contributed by atoms with van der Waals surface area (Å²) in [6.45, 7) is 7.53. The number of aliphatic hydroxyl groups excluding tert-OH is 1. The van der Waals surface area contributed by atoms with E-state index in [0.717, 1.165) is 11.1 Å². The maximum atomic E-state index is 12.7. The Bertz CT molecular complexity index is 473. The van der Waals surface area contributed by atoms with Crippen molar-refractivity contribution in [1.29, 1.82) is 0 Å². The molecule has 1 amide bonds. The lowest BCUT2D eigenvalue weighted by molar-refractivity contribution is 0.0434. The zero-order chi connectivity index (χ0) is 14.7. The van der Waals surface area contributed by atoms with E-state index in [1.807, 2.05) is 36.1 Å². The largest absolute Gasteiger partial charge is 0.394 e. The highest BCUT2D eigenvalue weighted by molar-refractivity contribution is 5.96. The fourth-order valence-corrected chi connectivity index (χ4v) is 2.65. The second-order valence-electron chi connectivity index (χ2n) is 5.87. The van der Waals surface area contributed by atoms with Crippen LogP contribution in [0, 0.1) is 12.8 Å². The van der Waals surface area contributed by atoms with Crippen molar-refractivity contribution in [3.8, 4) is 0 Å². The first-order chi connectivity index (χ1) is 9.54. The first-order valence-corrected chi connectivity index (χ1v) is 7.25. The van der Waals surface area contributed by atoms with Crippen molar-refractivity contribution in [2.24, 2.45) is 5.92 Å². The zero-order valence-electron chi connectivity index (χ0n) is 12.5. The Labute approximate surface area is 120 Å². The molecule has 0 bridgehead atoms. The third-order valence-corrected chi connectivity index (χ3v) is 4.10. The van der Waals surface area contributed by atoms with E-state index in [-0.39, 0.29) is 24.6 Å². The van der Waals surface area contributed by atoms with Crippen LogP contribution in [0.5, 0.6) is 0 Å². The molecule has 1 aliphatic rings. The quantitative estimate of drug-likeness (QED) is 0.878. The van der Waals surface area contributed by atoms with Crippen molar-refractivity contribution in [3.05, 3.63) is 35.4 Å². The van der Waals surface area contributed by atoms with Crippen molar-refractivity contribution >= 4 is 5.91 Å². The molecule has 0 aromatic heterocycles. The average molecular weight is 276 g/mol. The molecule has 1 aliphatic heterocycles. The highest BCUT2D eigenvalue weighted by atomic mass is 16.3.